The van der Waals surface area contributed by atoms with Gasteiger partial charge in [0.05, 0.1) is 31.5 Å². The molecule has 0 atom stereocenters. The molecule has 0 aliphatic rings. The second kappa shape index (κ2) is 13.3. The maximum Gasteiger partial charge on any atom is 0.238 e. The van der Waals surface area contributed by atoms with E-state index in [1.165, 1.54) is 52.8 Å². The van der Waals surface area contributed by atoms with Crippen LogP contribution in [0.1, 0.15) is 0 Å². The number of hydrogen-bond donors (Lipinski definition) is 0. The molecule has 0 fully saturated rings. The quantitative estimate of drug-likeness (QED) is 0.174. The van der Waals surface area contributed by atoms with Gasteiger partial charge in [0.2, 0.25) is 5.95 Å². The van der Waals surface area contributed by atoms with Gasteiger partial charge in [-0.15, -0.1) is 11.3 Å². The number of fused-ring (bicyclic) bond motifs is 12. The molecule has 4 heterocycles. The standard InChI is InChI=1S/C55H33N5S/c1-3-16-35(17-4-1)39-21-9-10-24-46(39)54-56-53(36-18-5-2-6-19-36)57-55(58-54)60-48-26-14-12-23-41(48)43-30-32-45-44-31-29-42-40-22-11-13-25-47(40)59(49(42)51(44)61-52(45)50(43)60)38-28-27-34-15-7-8-20-37(34)33-38/h1-33H. The Morgan fingerprint density at radius 1 is 0.344 bits per heavy atom. The molecule has 13 rings (SSSR count). The van der Waals surface area contributed by atoms with Gasteiger partial charge in [0.15, 0.2) is 11.6 Å². The smallest absolute Gasteiger partial charge is 0.238 e. The number of rotatable bonds is 5. The molecular formula is C55H33N5S. The van der Waals surface area contributed by atoms with E-state index in [9.17, 15) is 0 Å². The van der Waals surface area contributed by atoms with E-state index in [0.29, 0.717) is 17.6 Å². The molecule has 284 valence electrons. The highest BCUT2D eigenvalue weighted by Gasteiger charge is 2.24. The average molecular weight is 796 g/mol. The SMILES string of the molecule is c1ccc(-c2nc(-c3ccccc3-c3ccccc3)nc(-n3c4ccccc4c4ccc5c6ccc7c8ccccc8n(-c8ccc9ccccc9c8)c7c6sc5c43)n2)cc1. The first-order valence-corrected chi connectivity index (χ1v) is 21.3. The van der Waals surface area contributed by atoms with Crippen molar-refractivity contribution in [3.63, 3.8) is 0 Å². The Morgan fingerprint density at radius 3 is 1.57 bits per heavy atom. The van der Waals surface area contributed by atoms with E-state index in [1.807, 2.05) is 35.6 Å². The van der Waals surface area contributed by atoms with Gasteiger partial charge in [-0.25, -0.2) is 4.98 Å². The van der Waals surface area contributed by atoms with E-state index in [0.717, 1.165) is 49.7 Å². The lowest BCUT2D eigenvalue weighted by Crippen LogP contribution is -2.07. The van der Waals surface area contributed by atoms with E-state index >= 15 is 0 Å². The molecule has 0 spiro atoms. The zero-order valence-corrected chi connectivity index (χ0v) is 33.5. The molecule has 61 heavy (non-hydrogen) atoms. The maximum absolute atomic E-state index is 5.42. The van der Waals surface area contributed by atoms with Gasteiger partial charge < -0.3 is 4.57 Å². The molecule has 0 bridgehead atoms. The molecule has 0 saturated carbocycles. The molecule has 0 aliphatic heterocycles. The Balaban J connectivity index is 1.14. The van der Waals surface area contributed by atoms with Gasteiger partial charge in [-0.1, -0.05) is 176 Å². The Labute approximate surface area is 354 Å². The number of nitrogens with zero attached hydrogens (tertiary/aromatic N) is 5. The lowest BCUT2D eigenvalue weighted by molar-refractivity contribution is 0.955. The summed E-state index contributed by atoms with van der Waals surface area (Å²) in [6.45, 7) is 0. The van der Waals surface area contributed by atoms with E-state index < -0.39 is 0 Å². The molecule has 0 radical (unpaired) electrons. The van der Waals surface area contributed by atoms with Gasteiger partial charge in [0, 0.05) is 49.1 Å². The molecule has 9 aromatic carbocycles. The molecular weight excluding hydrogens is 763 g/mol. The zero-order valence-electron chi connectivity index (χ0n) is 32.7. The normalized spacial score (nSPS) is 11.9. The number of aromatic nitrogens is 5. The summed E-state index contributed by atoms with van der Waals surface area (Å²) >= 11 is 1.86. The summed E-state index contributed by atoms with van der Waals surface area (Å²) < 4.78 is 7.19. The van der Waals surface area contributed by atoms with Crippen LogP contribution < -0.4 is 0 Å². The topological polar surface area (TPSA) is 48.5 Å². The molecule has 0 unspecified atom stereocenters. The van der Waals surface area contributed by atoms with E-state index in [4.69, 9.17) is 15.0 Å². The second-order valence-electron chi connectivity index (χ2n) is 15.6. The van der Waals surface area contributed by atoms with Gasteiger partial charge >= 0.3 is 0 Å². The van der Waals surface area contributed by atoms with Crippen LogP contribution in [-0.2, 0) is 0 Å². The Morgan fingerprint density at radius 2 is 0.869 bits per heavy atom. The molecule has 4 aromatic heterocycles. The van der Waals surface area contributed by atoms with Crippen LogP contribution in [0.25, 0.3) is 120 Å². The minimum Gasteiger partial charge on any atom is -0.308 e. The van der Waals surface area contributed by atoms with E-state index in [-0.39, 0.29) is 0 Å². The summed E-state index contributed by atoms with van der Waals surface area (Å²) in [5.74, 6) is 1.83. The molecule has 5 nitrogen and oxygen atoms in total. The van der Waals surface area contributed by atoms with Crippen LogP contribution >= 0.6 is 11.3 Å². The highest BCUT2D eigenvalue weighted by Crippen LogP contribution is 2.47. The van der Waals surface area contributed by atoms with E-state index in [2.05, 4.69) is 185 Å². The van der Waals surface area contributed by atoms with Crippen LogP contribution in [0.15, 0.2) is 200 Å². The number of thiophene rings is 1. The van der Waals surface area contributed by atoms with Crippen molar-refractivity contribution in [2.75, 3.05) is 0 Å². The minimum atomic E-state index is 0.582. The number of hydrogen-bond acceptors (Lipinski definition) is 4. The fourth-order valence-electron chi connectivity index (χ4n) is 9.43. The molecule has 0 amide bonds. The van der Waals surface area contributed by atoms with Crippen molar-refractivity contribution in [2.24, 2.45) is 0 Å². The van der Waals surface area contributed by atoms with Crippen LogP contribution in [0.2, 0.25) is 0 Å². The summed E-state index contributed by atoms with van der Waals surface area (Å²) in [5.41, 5.74) is 9.76. The van der Waals surface area contributed by atoms with Crippen LogP contribution in [0.4, 0.5) is 0 Å². The Kier molecular flexibility index (Phi) is 7.41. The van der Waals surface area contributed by atoms with Crippen molar-refractivity contribution in [3.05, 3.63) is 200 Å². The fourth-order valence-corrected chi connectivity index (χ4v) is 10.8. The first-order valence-electron chi connectivity index (χ1n) is 20.5. The molecule has 13 aromatic rings. The highest BCUT2D eigenvalue weighted by molar-refractivity contribution is 7.27. The number of para-hydroxylation sites is 2. The number of benzene rings is 9. The van der Waals surface area contributed by atoms with Gasteiger partial charge in [0.25, 0.3) is 0 Å². The van der Waals surface area contributed by atoms with Crippen molar-refractivity contribution < 1.29 is 0 Å². The van der Waals surface area contributed by atoms with Crippen molar-refractivity contribution in [2.45, 2.75) is 0 Å². The second-order valence-corrected chi connectivity index (χ2v) is 16.6. The highest BCUT2D eigenvalue weighted by atomic mass is 32.1. The molecule has 0 N–H and O–H groups in total. The van der Waals surface area contributed by atoms with Crippen LogP contribution in [0.3, 0.4) is 0 Å². The lowest BCUT2D eigenvalue weighted by atomic mass is 9.99. The van der Waals surface area contributed by atoms with Crippen LogP contribution in [0.5, 0.6) is 0 Å². The van der Waals surface area contributed by atoms with Crippen molar-refractivity contribution in [3.8, 4) is 45.5 Å². The van der Waals surface area contributed by atoms with Crippen molar-refractivity contribution in [1.82, 2.24) is 24.1 Å². The molecule has 0 saturated heterocycles. The van der Waals surface area contributed by atoms with Gasteiger partial charge in [-0.3, -0.25) is 4.57 Å². The lowest BCUT2D eigenvalue weighted by Gasteiger charge is -2.13. The third-order valence-electron chi connectivity index (χ3n) is 12.2. The summed E-state index contributed by atoms with van der Waals surface area (Å²) in [5, 5.41) is 9.69. The van der Waals surface area contributed by atoms with Crippen LogP contribution in [0, 0.1) is 0 Å². The average Bonchev–Trinajstić information content (AvgIpc) is 4.00. The third kappa shape index (κ3) is 5.16. The summed E-state index contributed by atoms with van der Waals surface area (Å²) in [4.78, 5) is 16.0. The summed E-state index contributed by atoms with van der Waals surface area (Å²) in [6, 6.07) is 71.2. The van der Waals surface area contributed by atoms with Gasteiger partial charge in [-0.05, 0) is 46.2 Å². The Hall–Kier alpha value is -7.93. The van der Waals surface area contributed by atoms with Crippen LogP contribution in [-0.4, -0.2) is 24.1 Å². The van der Waals surface area contributed by atoms with Crippen molar-refractivity contribution in [1.29, 1.82) is 0 Å². The fraction of sp³-hybridized carbons (Fsp3) is 0. The molecule has 0 aliphatic carbocycles. The van der Waals surface area contributed by atoms with Gasteiger partial charge in [0.1, 0.15) is 0 Å². The van der Waals surface area contributed by atoms with E-state index in [1.54, 1.807) is 0 Å². The Bertz CT molecular complexity index is 3880. The summed E-state index contributed by atoms with van der Waals surface area (Å²) in [7, 11) is 0. The van der Waals surface area contributed by atoms with Crippen molar-refractivity contribution >= 4 is 85.9 Å². The monoisotopic (exact) mass is 795 g/mol. The predicted octanol–water partition coefficient (Wildman–Crippen LogP) is 14.6. The summed E-state index contributed by atoms with van der Waals surface area (Å²) in [6.07, 6.45) is 0. The zero-order chi connectivity index (χ0) is 40.0. The first kappa shape index (κ1) is 34.0. The predicted molar refractivity (Wildman–Crippen MR) is 255 cm³/mol. The minimum absolute atomic E-state index is 0.582. The van der Waals surface area contributed by atoms with Gasteiger partial charge in [-0.2, -0.15) is 9.97 Å². The molecule has 6 heteroatoms. The maximum atomic E-state index is 5.42. The largest absolute Gasteiger partial charge is 0.308 e. The first-order chi connectivity index (χ1) is 30.3. The third-order valence-corrected chi connectivity index (χ3v) is 13.4.